The van der Waals surface area contributed by atoms with Gasteiger partial charge in [0.1, 0.15) is 11.6 Å². The van der Waals surface area contributed by atoms with E-state index in [0.29, 0.717) is 18.6 Å². The van der Waals surface area contributed by atoms with Crippen molar-refractivity contribution in [3.05, 3.63) is 65.5 Å². The molecule has 0 aliphatic rings. The minimum absolute atomic E-state index is 0.0430. The van der Waals surface area contributed by atoms with Crippen LogP contribution in [-0.4, -0.2) is 13.7 Å². The van der Waals surface area contributed by atoms with Gasteiger partial charge in [-0.05, 0) is 32.2 Å². The van der Waals surface area contributed by atoms with E-state index in [0.717, 1.165) is 11.3 Å². The van der Waals surface area contributed by atoms with Gasteiger partial charge in [0.15, 0.2) is 0 Å². The number of hydrogen-bond acceptors (Lipinski definition) is 2. The molecule has 0 saturated carbocycles. The van der Waals surface area contributed by atoms with E-state index < -0.39 is 0 Å². The number of ether oxygens (including phenoxy) is 1. The first kappa shape index (κ1) is 14.5. The van der Waals surface area contributed by atoms with Crippen molar-refractivity contribution in [3.8, 4) is 5.75 Å². The monoisotopic (exact) mass is 273 g/mol. The topological polar surface area (TPSA) is 21.3 Å². The summed E-state index contributed by atoms with van der Waals surface area (Å²) in [5.74, 6) is 0.668. The molecule has 0 heterocycles. The van der Waals surface area contributed by atoms with Gasteiger partial charge in [-0.3, -0.25) is 0 Å². The number of para-hydroxylation sites is 1. The zero-order valence-electron chi connectivity index (χ0n) is 11.9. The van der Waals surface area contributed by atoms with Crippen LogP contribution in [-0.2, 0) is 0 Å². The van der Waals surface area contributed by atoms with Gasteiger partial charge in [-0.1, -0.05) is 35.9 Å². The summed E-state index contributed by atoms with van der Waals surface area (Å²) in [6.45, 7) is 2.51. The van der Waals surface area contributed by atoms with E-state index in [-0.39, 0.29) is 11.9 Å². The van der Waals surface area contributed by atoms with Gasteiger partial charge in [0.25, 0.3) is 0 Å². The fourth-order valence-corrected chi connectivity index (χ4v) is 2.20. The first-order chi connectivity index (χ1) is 9.70. The number of hydrogen-bond donors (Lipinski definition) is 1. The van der Waals surface area contributed by atoms with Gasteiger partial charge in [0.05, 0.1) is 6.61 Å². The van der Waals surface area contributed by atoms with E-state index in [2.05, 4.69) is 5.32 Å². The lowest BCUT2D eigenvalue weighted by atomic mass is 10.0. The van der Waals surface area contributed by atoms with Crippen molar-refractivity contribution in [1.29, 1.82) is 0 Å². The normalized spacial score (nSPS) is 12.2. The SMILES string of the molecule is CNC(CCOc1ccccc1)c1cc(C)ccc1F. The maximum Gasteiger partial charge on any atom is 0.127 e. The third kappa shape index (κ3) is 3.81. The molecule has 3 heteroatoms. The Bertz CT molecular complexity index is 542. The Morgan fingerprint density at radius 2 is 1.90 bits per heavy atom. The van der Waals surface area contributed by atoms with Crippen molar-refractivity contribution in [1.82, 2.24) is 5.32 Å². The summed E-state index contributed by atoms with van der Waals surface area (Å²) in [6.07, 6.45) is 0.714. The Hall–Kier alpha value is -1.87. The Morgan fingerprint density at radius 3 is 2.60 bits per heavy atom. The largest absolute Gasteiger partial charge is 0.494 e. The predicted molar refractivity (Wildman–Crippen MR) is 79.5 cm³/mol. The molecule has 20 heavy (non-hydrogen) atoms. The molecule has 0 aromatic heterocycles. The average molecular weight is 273 g/mol. The van der Waals surface area contributed by atoms with Crippen molar-refractivity contribution >= 4 is 0 Å². The van der Waals surface area contributed by atoms with Crippen LogP contribution in [0, 0.1) is 12.7 Å². The van der Waals surface area contributed by atoms with Crippen molar-refractivity contribution in [3.63, 3.8) is 0 Å². The Kier molecular flexibility index (Phi) is 5.13. The van der Waals surface area contributed by atoms with Crippen LogP contribution < -0.4 is 10.1 Å². The molecule has 1 unspecified atom stereocenters. The summed E-state index contributed by atoms with van der Waals surface area (Å²) in [7, 11) is 1.84. The zero-order valence-corrected chi connectivity index (χ0v) is 11.9. The predicted octanol–water partition coefficient (Wildman–Crippen LogP) is 3.86. The fourth-order valence-electron chi connectivity index (χ4n) is 2.20. The van der Waals surface area contributed by atoms with Crippen LogP contribution in [0.4, 0.5) is 4.39 Å². The van der Waals surface area contributed by atoms with E-state index in [1.165, 1.54) is 6.07 Å². The average Bonchev–Trinajstić information content (AvgIpc) is 2.48. The number of halogens is 1. The van der Waals surface area contributed by atoms with Gasteiger partial charge < -0.3 is 10.1 Å². The van der Waals surface area contributed by atoms with Crippen LogP contribution in [0.5, 0.6) is 5.75 Å². The third-order valence-electron chi connectivity index (χ3n) is 3.29. The second-order valence-corrected chi connectivity index (χ2v) is 4.82. The quantitative estimate of drug-likeness (QED) is 0.862. The minimum Gasteiger partial charge on any atom is -0.494 e. The second kappa shape index (κ2) is 7.06. The lowest BCUT2D eigenvalue weighted by Gasteiger charge is -2.18. The fraction of sp³-hybridized carbons (Fsp3) is 0.294. The molecule has 2 aromatic rings. The standard InChI is InChI=1S/C17H20FNO/c1-13-8-9-16(18)15(12-13)17(19-2)10-11-20-14-6-4-3-5-7-14/h3-9,12,17,19H,10-11H2,1-2H3. The van der Waals surface area contributed by atoms with Crippen LogP contribution in [0.1, 0.15) is 23.6 Å². The molecule has 0 radical (unpaired) electrons. The highest BCUT2D eigenvalue weighted by Crippen LogP contribution is 2.21. The summed E-state index contributed by atoms with van der Waals surface area (Å²) in [5, 5.41) is 3.15. The molecule has 0 aliphatic carbocycles. The molecule has 2 aromatic carbocycles. The lowest BCUT2D eigenvalue weighted by molar-refractivity contribution is 0.288. The second-order valence-electron chi connectivity index (χ2n) is 4.82. The molecule has 2 rings (SSSR count). The van der Waals surface area contributed by atoms with Crippen LogP contribution in [0.2, 0.25) is 0 Å². The first-order valence-corrected chi connectivity index (χ1v) is 6.82. The highest BCUT2D eigenvalue weighted by molar-refractivity contribution is 5.27. The number of aryl methyl sites for hydroxylation is 1. The summed E-state index contributed by atoms with van der Waals surface area (Å²) < 4.78 is 19.5. The van der Waals surface area contributed by atoms with Gasteiger partial charge in [0, 0.05) is 18.0 Å². The highest BCUT2D eigenvalue weighted by Gasteiger charge is 2.14. The van der Waals surface area contributed by atoms with Crippen LogP contribution in [0.25, 0.3) is 0 Å². The molecule has 0 saturated heterocycles. The van der Waals surface area contributed by atoms with Gasteiger partial charge in [0.2, 0.25) is 0 Å². The Morgan fingerprint density at radius 1 is 1.15 bits per heavy atom. The van der Waals surface area contributed by atoms with E-state index in [4.69, 9.17) is 4.74 Å². The molecule has 0 spiro atoms. The van der Waals surface area contributed by atoms with Crippen LogP contribution in [0.15, 0.2) is 48.5 Å². The summed E-state index contributed by atoms with van der Waals surface area (Å²) >= 11 is 0. The number of benzene rings is 2. The molecular weight excluding hydrogens is 253 g/mol. The molecule has 1 N–H and O–H groups in total. The molecule has 106 valence electrons. The smallest absolute Gasteiger partial charge is 0.127 e. The Balaban J connectivity index is 1.97. The number of nitrogens with one attached hydrogen (secondary N) is 1. The van der Waals surface area contributed by atoms with Crippen molar-refractivity contribution < 1.29 is 9.13 Å². The maximum atomic E-state index is 13.9. The van der Waals surface area contributed by atoms with E-state index in [9.17, 15) is 4.39 Å². The molecule has 0 aliphatic heterocycles. The van der Waals surface area contributed by atoms with Gasteiger partial charge >= 0.3 is 0 Å². The molecule has 0 bridgehead atoms. The van der Waals surface area contributed by atoms with Gasteiger partial charge in [-0.15, -0.1) is 0 Å². The van der Waals surface area contributed by atoms with E-state index in [1.54, 1.807) is 6.07 Å². The van der Waals surface area contributed by atoms with Crippen LogP contribution >= 0.6 is 0 Å². The molecule has 2 nitrogen and oxygen atoms in total. The van der Waals surface area contributed by atoms with Crippen molar-refractivity contribution in [2.24, 2.45) is 0 Å². The first-order valence-electron chi connectivity index (χ1n) is 6.82. The summed E-state index contributed by atoms with van der Waals surface area (Å²) in [4.78, 5) is 0. The molecular formula is C17H20FNO. The molecule has 1 atom stereocenters. The van der Waals surface area contributed by atoms with Crippen LogP contribution in [0.3, 0.4) is 0 Å². The summed E-state index contributed by atoms with van der Waals surface area (Å²) in [6, 6.07) is 14.8. The van der Waals surface area contributed by atoms with Gasteiger partial charge in [-0.25, -0.2) is 4.39 Å². The van der Waals surface area contributed by atoms with Crippen molar-refractivity contribution in [2.45, 2.75) is 19.4 Å². The molecule has 0 amide bonds. The summed E-state index contributed by atoms with van der Waals surface area (Å²) in [5.41, 5.74) is 1.76. The lowest BCUT2D eigenvalue weighted by Crippen LogP contribution is -2.20. The van der Waals surface area contributed by atoms with E-state index >= 15 is 0 Å². The Labute approximate surface area is 119 Å². The number of rotatable bonds is 6. The zero-order chi connectivity index (χ0) is 14.4. The van der Waals surface area contributed by atoms with Gasteiger partial charge in [-0.2, -0.15) is 0 Å². The maximum absolute atomic E-state index is 13.9. The minimum atomic E-state index is -0.172. The molecule has 0 fully saturated rings. The van der Waals surface area contributed by atoms with E-state index in [1.807, 2.05) is 50.4 Å². The third-order valence-corrected chi connectivity index (χ3v) is 3.29. The highest BCUT2D eigenvalue weighted by atomic mass is 19.1. The van der Waals surface area contributed by atoms with Crippen molar-refractivity contribution in [2.75, 3.05) is 13.7 Å².